The van der Waals surface area contributed by atoms with Gasteiger partial charge in [0.15, 0.2) is 11.6 Å². The number of aromatic nitrogens is 1. The Morgan fingerprint density at radius 2 is 2.26 bits per heavy atom. The summed E-state index contributed by atoms with van der Waals surface area (Å²) in [5.41, 5.74) is 1.18. The van der Waals surface area contributed by atoms with Crippen molar-refractivity contribution < 1.29 is 9.50 Å². The van der Waals surface area contributed by atoms with Crippen LogP contribution >= 0.6 is 0 Å². The van der Waals surface area contributed by atoms with Crippen LogP contribution in [0.1, 0.15) is 12.5 Å². The second-order valence-corrected chi connectivity index (χ2v) is 4.48. The zero-order chi connectivity index (χ0) is 13.8. The van der Waals surface area contributed by atoms with Crippen molar-refractivity contribution in [3.63, 3.8) is 0 Å². The van der Waals surface area contributed by atoms with E-state index in [1.165, 1.54) is 6.07 Å². The molecule has 0 atom stereocenters. The highest BCUT2D eigenvalue weighted by molar-refractivity contribution is 5.87. The molecule has 0 spiro atoms. The molecule has 2 rings (SSSR count). The molecule has 0 aliphatic heterocycles. The highest BCUT2D eigenvalue weighted by Gasteiger charge is 2.12. The Labute approximate surface area is 112 Å². The molecule has 100 valence electrons. The predicted molar refractivity (Wildman–Crippen MR) is 74.5 cm³/mol. The number of phenols is 1. The van der Waals surface area contributed by atoms with Gasteiger partial charge in [0.25, 0.3) is 0 Å². The first-order valence-electron chi connectivity index (χ1n) is 6.21. The molecule has 0 radical (unpaired) electrons. The maximum Gasteiger partial charge on any atom is 0.178 e. The highest BCUT2D eigenvalue weighted by Crippen LogP contribution is 2.29. The van der Waals surface area contributed by atoms with E-state index in [1.807, 2.05) is 37.2 Å². The molecule has 3 nitrogen and oxygen atoms in total. The van der Waals surface area contributed by atoms with Gasteiger partial charge in [0.1, 0.15) is 5.52 Å². The van der Waals surface area contributed by atoms with Crippen LogP contribution in [-0.2, 0) is 6.42 Å². The second kappa shape index (κ2) is 5.69. The lowest BCUT2D eigenvalue weighted by molar-refractivity contribution is 0.435. The zero-order valence-corrected chi connectivity index (χ0v) is 11.1. The molecule has 0 amide bonds. The molecular formula is C15H17FN2O. The van der Waals surface area contributed by atoms with E-state index in [0.29, 0.717) is 11.9 Å². The molecule has 1 aromatic carbocycles. The lowest BCUT2D eigenvalue weighted by Crippen LogP contribution is -2.14. The van der Waals surface area contributed by atoms with Gasteiger partial charge in [-0.2, -0.15) is 0 Å². The molecule has 0 fully saturated rings. The van der Waals surface area contributed by atoms with Crippen molar-refractivity contribution in [2.45, 2.75) is 13.3 Å². The SMILES string of the molecule is CC=CN(C)CCc1cc(F)c(O)c2ncccc12. The van der Waals surface area contributed by atoms with Crippen LogP contribution in [0.15, 0.2) is 36.7 Å². The number of nitrogens with zero attached hydrogens (tertiary/aromatic N) is 2. The summed E-state index contributed by atoms with van der Waals surface area (Å²) in [6.45, 7) is 2.73. The molecule has 1 N–H and O–H groups in total. The molecule has 19 heavy (non-hydrogen) atoms. The van der Waals surface area contributed by atoms with Crippen LogP contribution in [0, 0.1) is 5.82 Å². The second-order valence-electron chi connectivity index (χ2n) is 4.48. The van der Waals surface area contributed by atoms with Crippen molar-refractivity contribution in [3.05, 3.63) is 48.1 Å². The standard InChI is InChI=1S/C15H17FN2O/c1-3-8-18(2)9-6-11-10-13(16)15(19)14-12(11)5-4-7-17-14/h3-5,7-8,10,19H,6,9H2,1-2H3. The minimum atomic E-state index is -0.616. The van der Waals surface area contributed by atoms with E-state index in [2.05, 4.69) is 4.98 Å². The van der Waals surface area contributed by atoms with Crippen LogP contribution < -0.4 is 0 Å². The number of pyridine rings is 1. The number of halogens is 1. The summed E-state index contributed by atoms with van der Waals surface area (Å²) in [5.74, 6) is -0.990. The van der Waals surface area contributed by atoms with Gasteiger partial charge in [0.2, 0.25) is 0 Å². The summed E-state index contributed by atoms with van der Waals surface area (Å²) in [6, 6.07) is 5.04. The highest BCUT2D eigenvalue weighted by atomic mass is 19.1. The summed E-state index contributed by atoms with van der Waals surface area (Å²) >= 11 is 0. The summed E-state index contributed by atoms with van der Waals surface area (Å²) in [7, 11) is 1.97. The first-order valence-corrected chi connectivity index (χ1v) is 6.21. The van der Waals surface area contributed by atoms with Crippen LogP contribution in [0.4, 0.5) is 4.39 Å². The van der Waals surface area contributed by atoms with Gasteiger partial charge in [0, 0.05) is 25.2 Å². The first-order chi connectivity index (χ1) is 9.13. The van der Waals surface area contributed by atoms with E-state index in [9.17, 15) is 9.50 Å². The third kappa shape index (κ3) is 2.84. The summed E-state index contributed by atoms with van der Waals surface area (Å²) in [6.07, 6.45) is 6.17. The monoisotopic (exact) mass is 260 g/mol. The fraction of sp³-hybridized carbons (Fsp3) is 0.267. The Hall–Kier alpha value is -2.10. The molecule has 2 aromatic rings. The number of hydrogen-bond acceptors (Lipinski definition) is 3. The molecule has 0 saturated carbocycles. The van der Waals surface area contributed by atoms with Crippen molar-refractivity contribution in [1.82, 2.24) is 9.88 Å². The molecule has 0 aliphatic carbocycles. The Morgan fingerprint density at radius 3 is 3.00 bits per heavy atom. The first kappa shape index (κ1) is 13.3. The fourth-order valence-corrected chi connectivity index (χ4v) is 2.10. The number of aromatic hydroxyl groups is 1. The van der Waals surface area contributed by atoms with Gasteiger partial charge in [0.05, 0.1) is 0 Å². The summed E-state index contributed by atoms with van der Waals surface area (Å²) < 4.78 is 13.7. The lowest BCUT2D eigenvalue weighted by Gasteiger charge is -2.15. The van der Waals surface area contributed by atoms with Crippen molar-refractivity contribution >= 4 is 10.9 Å². The van der Waals surface area contributed by atoms with E-state index in [4.69, 9.17) is 0 Å². The maximum absolute atomic E-state index is 13.7. The zero-order valence-electron chi connectivity index (χ0n) is 11.1. The van der Waals surface area contributed by atoms with Crippen molar-refractivity contribution in [2.75, 3.05) is 13.6 Å². The fourth-order valence-electron chi connectivity index (χ4n) is 2.10. The number of hydrogen-bond donors (Lipinski definition) is 1. The van der Waals surface area contributed by atoms with Gasteiger partial charge in [-0.1, -0.05) is 12.1 Å². The minimum Gasteiger partial charge on any atom is -0.503 e. The Balaban J connectivity index is 2.35. The number of likely N-dealkylation sites (N-methyl/N-ethyl adjacent to an activating group) is 1. The van der Waals surface area contributed by atoms with Crippen molar-refractivity contribution in [1.29, 1.82) is 0 Å². The Bertz CT molecular complexity index is 610. The number of fused-ring (bicyclic) bond motifs is 1. The quantitative estimate of drug-likeness (QED) is 0.917. The lowest BCUT2D eigenvalue weighted by atomic mass is 10.0. The van der Waals surface area contributed by atoms with Gasteiger partial charge >= 0.3 is 0 Å². The van der Waals surface area contributed by atoms with Gasteiger partial charge in [-0.05, 0) is 37.2 Å². The Kier molecular flexibility index (Phi) is 4.00. The van der Waals surface area contributed by atoms with Gasteiger partial charge in [-0.25, -0.2) is 4.39 Å². The van der Waals surface area contributed by atoms with Gasteiger partial charge in [-0.15, -0.1) is 0 Å². The molecule has 1 heterocycles. The normalized spacial score (nSPS) is 11.3. The molecule has 0 bridgehead atoms. The average molecular weight is 260 g/mol. The molecule has 0 saturated heterocycles. The summed E-state index contributed by atoms with van der Waals surface area (Å²) in [4.78, 5) is 6.08. The molecule has 0 aliphatic rings. The van der Waals surface area contributed by atoms with E-state index in [-0.39, 0.29) is 5.75 Å². The topological polar surface area (TPSA) is 36.4 Å². The van der Waals surface area contributed by atoms with E-state index >= 15 is 0 Å². The number of phenolic OH excluding ortho intramolecular Hbond substituents is 1. The van der Waals surface area contributed by atoms with Crippen LogP contribution in [0.2, 0.25) is 0 Å². The molecule has 1 aromatic heterocycles. The van der Waals surface area contributed by atoms with Gasteiger partial charge < -0.3 is 10.0 Å². The van der Waals surface area contributed by atoms with Crippen LogP contribution in [0.3, 0.4) is 0 Å². The minimum absolute atomic E-state index is 0.325. The third-order valence-corrected chi connectivity index (χ3v) is 3.04. The van der Waals surface area contributed by atoms with Crippen molar-refractivity contribution in [3.8, 4) is 5.75 Å². The van der Waals surface area contributed by atoms with E-state index in [0.717, 1.165) is 17.5 Å². The summed E-state index contributed by atoms with van der Waals surface area (Å²) in [5, 5.41) is 10.5. The van der Waals surface area contributed by atoms with Crippen LogP contribution in [0.25, 0.3) is 10.9 Å². The predicted octanol–water partition coefficient (Wildman–Crippen LogP) is 3.09. The molecular weight excluding hydrogens is 243 g/mol. The van der Waals surface area contributed by atoms with E-state index in [1.54, 1.807) is 12.3 Å². The van der Waals surface area contributed by atoms with Crippen molar-refractivity contribution in [2.24, 2.45) is 0 Å². The van der Waals surface area contributed by atoms with Crippen LogP contribution in [-0.4, -0.2) is 28.6 Å². The third-order valence-electron chi connectivity index (χ3n) is 3.04. The van der Waals surface area contributed by atoms with Gasteiger partial charge in [-0.3, -0.25) is 4.98 Å². The smallest absolute Gasteiger partial charge is 0.178 e. The maximum atomic E-state index is 13.7. The average Bonchev–Trinajstić information content (AvgIpc) is 2.42. The molecule has 0 unspecified atom stereocenters. The van der Waals surface area contributed by atoms with E-state index < -0.39 is 5.82 Å². The number of allylic oxidation sites excluding steroid dienone is 1. The van der Waals surface area contributed by atoms with Crippen LogP contribution in [0.5, 0.6) is 5.75 Å². The number of benzene rings is 1. The largest absolute Gasteiger partial charge is 0.503 e. The molecule has 4 heteroatoms. The number of rotatable bonds is 4. The Morgan fingerprint density at radius 1 is 1.47 bits per heavy atom.